The van der Waals surface area contributed by atoms with E-state index in [0.717, 1.165) is 19.1 Å². The molecular formula is C12H26O5Si. The molecule has 0 aromatic heterocycles. The highest BCUT2D eigenvalue weighted by molar-refractivity contribution is 6.60. The van der Waals surface area contributed by atoms with E-state index >= 15 is 0 Å². The Balaban J connectivity index is 2.44. The van der Waals surface area contributed by atoms with E-state index in [1.165, 1.54) is 0 Å². The van der Waals surface area contributed by atoms with Crippen LogP contribution >= 0.6 is 0 Å². The van der Waals surface area contributed by atoms with Crippen molar-refractivity contribution in [2.75, 3.05) is 26.4 Å². The van der Waals surface area contributed by atoms with Crippen molar-refractivity contribution in [2.24, 2.45) is 0 Å². The van der Waals surface area contributed by atoms with E-state index < -0.39 is 8.80 Å². The maximum Gasteiger partial charge on any atom is 0.502 e. The van der Waals surface area contributed by atoms with Crippen LogP contribution in [0, 0.1) is 0 Å². The molecule has 1 heterocycles. The lowest BCUT2D eigenvalue weighted by Gasteiger charge is -2.31. The van der Waals surface area contributed by atoms with Crippen LogP contribution in [0.5, 0.6) is 0 Å². The molecule has 0 N–H and O–H groups in total. The summed E-state index contributed by atoms with van der Waals surface area (Å²) >= 11 is 0. The van der Waals surface area contributed by atoms with Gasteiger partial charge in [0.1, 0.15) is 12.4 Å². The van der Waals surface area contributed by atoms with E-state index in [2.05, 4.69) is 6.92 Å². The number of epoxide rings is 1. The fourth-order valence-corrected chi connectivity index (χ4v) is 4.44. The van der Waals surface area contributed by atoms with Crippen LogP contribution in [0.4, 0.5) is 0 Å². The molecule has 0 spiro atoms. The molecule has 6 heteroatoms. The maximum atomic E-state index is 5.95. The highest BCUT2D eigenvalue weighted by Crippen LogP contribution is 2.21. The van der Waals surface area contributed by atoms with Crippen LogP contribution in [0.1, 0.15) is 34.1 Å². The van der Waals surface area contributed by atoms with Crippen molar-refractivity contribution >= 4 is 8.80 Å². The molecule has 18 heavy (non-hydrogen) atoms. The minimum Gasteiger partial charge on any atom is -0.374 e. The first kappa shape index (κ1) is 16.1. The molecule has 0 aromatic rings. The third kappa shape index (κ3) is 5.77. The summed E-state index contributed by atoms with van der Waals surface area (Å²) in [5.41, 5.74) is 0. The molecule has 0 radical (unpaired) electrons. The quantitative estimate of drug-likeness (QED) is 0.329. The van der Waals surface area contributed by atoms with Gasteiger partial charge < -0.3 is 22.8 Å². The van der Waals surface area contributed by atoms with Crippen LogP contribution in [0.3, 0.4) is 0 Å². The van der Waals surface area contributed by atoms with E-state index in [-0.39, 0.29) is 12.4 Å². The molecule has 108 valence electrons. The van der Waals surface area contributed by atoms with Crippen molar-refractivity contribution in [3.63, 3.8) is 0 Å². The molecular weight excluding hydrogens is 252 g/mol. The van der Waals surface area contributed by atoms with E-state index in [4.69, 9.17) is 22.8 Å². The topological polar surface area (TPSA) is 49.5 Å². The first-order valence-corrected chi connectivity index (χ1v) is 8.77. The van der Waals surface area contributed by atoms with Gasteiger partial charge in [-0.1, -0.05) is 13.3 Å². The Hall–Kier alpha value is 0.0169. The Bertz CT molecular complexity index is 205. The molecule has 1 unspecified atom stereocenters. The summed E-state index contributed by atoms with van der Waals surface area (Å²) in [5, 5.41) is 0. The van der Waals surface area contributed by atoms with E-state index in [1.54, 1.807) is 0 Å². The van der Waals surface area contributed by atoms with Gasteiger partial charge >= 0.3 is 8.80 Å². The van der Waals surface area contributed by atoms with Gasteiger partial charge in [-0.25, -0.2) is 0 Å². The predicted octanol–water partition coefficient (Wildman–Crippen LogP) is 2.19. The summed E-state index contributed by atoms with van der Waals surface area (Å²) in [6.07, 6.45) is 0.910. The molecule has 1 saturated heterocycles. The van der Waals surface area contributed by atoms with Crippen molar-refractivity contribution in [1.29, 1.82) is 0 Å². The molecule has 1 fully saturated rings. The fraction of sp³-hybridized carbons (Fsp3) is 1.00. The van der Waals surface area contributed by atoms with Crippen molar-refractivity contribution in [1.82, 2.24) is 0 Å². The molecule has 5 nitrogen and oxygen atoms in total. The minimum atomic E-state index is -2.58. The van der Waals surface area contributed by atoms with Gasteiger partial charge in [0.25, 0.3) is 0 Å². The highest BCUT2D eigenvalue weighted by Gasteiger charge is 2.41. The van der Waals surface area contributed by atoms with Crippen LogP contribution < -0.4 is 0 Å². The van der Waals surface area contributed by atoms with E-state index in [0.29, 0.717) is 19.8 Å². The average molecular weight is 278 g/mol. The van der Waals surface area contributed by atoms with Crippen LogP contribution in [-0.2, 0) is 22.8 Å². The van der Waals surface area contributed by atoms with Crippen molar-refractivity contribution in [3.05, 3.63) is 0 Å². The van der Waals surface area contributed by atoms with Gasteiger partial charge in [-0.2, -0.15) is 0 Å². The number of ether oxygens (including phenoxy) is 2. The largest absolute Gasteiger partial charge is 0.502 e. The SMILES string of the molecule is CCC[Si](OCC)(OCC)O[C@H](C)OCC1CO1. The normalized spacial score (nSPS) is 21.0. The van der Waals surface area contributed by atoms with Crippen LogP contribution in [0.15, 0.2) is 0 Å². The van der Waals surface area contributed by atoms with Crippen LogP contribution in [-0.4, -0.2) is 47.6 Å². The monoisotopic (exact) mass is 278 g/mol. The number of hydrogen-bond donors (Lipinski definition) is 0. The van der Waals surface area contributed by atoms with Crippen LogP contribution in [0.2, 0.25) is 6.04 Å². The van der Waals surface area contributed by atoms with E-state index in [9.17, 15) is 0 Å². The third-order valence-corrected chi connectivity index (χ3v) is 5.81. The van der Waals surface area contributed by atoms with Crippen LogP contribution in [0.25, 0.3) is 0 Å². The summed E-state index contributed by atoms with van der Waals surface area (Å²) in [6, 6.07) is 0.822. The van der Waals surface area contributed by atoms with Crippen molar-refractivity contribution in [2.45, 2.75) is 52.6 Å². The molecule has 0 aromatic carbocycles. The van der Waals surface area contributed by atoms with Gasteiger partial charge in [-0.3, -0.25) is 0 Å². The molecule has 1 aliphatic heterocycles. The summed E-state index contributed by atoms with van der Waals surface area (Å²) < 4.78 is 28.2. The molecule has 1 rings (SSSR count). The Kier molecular flexibility index (Phi) is 7.36. The molecule has 1 aliphatic rings. The first-order chi connectivity index (χ1) is 8.65. The Labute approximate surface area is 111 Å². The lowest BCUT2D eigenvalue weighted by Crippen LogP contribution is -2.48. The average Bonchev–Trinajstić information content (AvgIpc) is 3.11. The van der Waals surface area contributed by atoms with Gasteiger partial charge in [0.05, 0.1) is 13.2 Å². The number of hydrogen-bond acceptors (Lipinski definition) is 5. The standard InChI is InChI=1S/C12H26O5Si/c1-5-8-18(15-6-2,16-7-3)17-11(4)13-9-12-10-14-12/h11-12H,5-10H2,1-4H3/t11-,12?/m1/s1. The predicted molar refractivity (Wildman–Crippen MR) is 70.3 cm³/mol. The Morgan fingerprint density at radius 3 is 2.28 bits per heavy atom. The van der Waals surface area contributed by atoms with Gasteiger partial charge in [0.2, 0.25) is 0 Å². The van der Waals surface area contributed by atoms with Gasteiger partial charge in [-0.05, 0) is 20.8 Å². The minimum absolute atomic E-state index is 0.248. The maximum absolute atomic E-state index is 5.95. The lowest BCUT2D eigenvalue weighted by molar-refractivity contribution is -0.111. The molecule has 2 atom stereocenters. The van der Waals surface area contributed by atoms with Crippen molar-refractivity contribution < 1.29 is 22.8 Å². The van der Waals surface area contributed by atoms with Gasteiger partial charge in [0.15, 0.2) is 0 Å². The summed E-state index contributed by atoms with van der Waals surface area (Å²) in [4.78, 5) is 0. The molecule has 0 amide bonds. The fourth-order valence-electron chi connectivity index (χ4n) is 1.75. The first-order valence-electron chi connectivity index (χ1n) is 6.84. The van der Waals surface area contributed by atoms with E-state index in [1.807, 2.05) is 20.8 Å². The summed E-state index contributed by atoms with van der Waals surface area (Å²) in [5.74, 6) is 0. The lowest BCUT2D eigenvalue weighted by atomic mass is 10.5. The second-order valence-corrected chi connectivity index (χ2v) is 6.95. The second kappa shape index (κ2) is 8.24. The third-order valence-electron chi connectivity index (χ3n) is 2.55. The molecule has 0 bridgehead atoms. The Morgan fingerprint density at radius 1 is 1.22 bits per heavy atom. The highest BCUT2D eigenvalue weighted by atomic mass is 28.4. The molecule has 0 saturated carbocycles. The summed E-state index contributed by atoms with van der Waals surface area (Å²) in [7, 11) is -2.58. The summed E-state index contributed by atoms with van der Waals surface area (Å²) in [6.45, 7) is 10.5. The Morgan fingerprint density at radius 2 is 1.83 bits per heavy atom. The zero-order valence-corrected chi connectivity index (χ0v) is 12.9. The zero-order valence-electron chi connectivity index (χ0n) is 11.9. The van der Waals surface area contributed by atoms with Gasteiger partial charge in [0, 0.05) is 19.3 Å². The zero-order chi connectivity index (χ0) is 13.4. The molecule has 0 aliphatic carbocycles. The second-order valence-electron chi connectivity index (χ2n) is 4.27. The smallest absolute Gasteiger partial charge is 0.374 e. The van der Waals surface area contributed by atoms with Gasteiger partial charge in [-0.15, -0.1) is 0 Å². The van der Waals surface area contributed by atoms with Crippen molar-refractivity contribution in [3.8, 4) is 0 Å². The number of rotatable bonds is 11.